The van der Waals surface area contributed by atoms with Crippen LogP contribution in [0.4, 0.5) is 0 Å². The molecule has 0 fully saturated rings. The standard InChI is InChI=1S/C21H24N2O4S/c1-11(2)10-26-16-8-6-7-15(9-16)21(25)27-13(4)18-22-19(24)17-12(3)14(5)28-20(17)23-18/h6-9,11,13H,10H2,1-5H3,(H,22,23,24)/t13-/m0/s1. The molecule has 0 saturated heterocycles. The fourth-order valence-electron chi connectivity index (χ4n) is 2.72. The third-order valence-electron chi connectivity index (χ3n) is 4.38. The molecule has 2 aromatic heterocycles. The minimum atomic E-state index is -0.687. The molecule has 0 aliphatic rings. The van der Waals surface area contributed by atoms with Gasteiger partial charge in [0.1, 0.15) is 10.6 Å². The molecule has 2 heterocycles. The molecule has 0 radical (unpaired) electrons. The molecule has 1 aromatic carbocycles. The molecule has 0 aliphatic carbocycles. The van der Waals surface area contributed by atoms with Gasteiger partial charge in [-0.05, 0) is 50.5 Å². The molecule has 7 heteroatoms. The number of nitrogens with one attached hydrogen (secondary N) is 1. The molecule has 3 aromatic rings. The van der Waals surface area contributed by atoms with Crippen molar-refractivity contribution in [2.75, 3.05) is 6.61 Å². The molecule has 0 amide bonds. The smallest absolute Gasteiger partial charge is 0.338 e. The van der Waals surface area contributed by atoms with Gasteiger partial charge in [0.15, 0.2) is 11.9 Å². The number of rotatable bonds is 6. The monoisotopic (exact) mass is 400 g/mol. The van der Waals surface area contributed by atoms with E-state index in [-0.39, 0.29) is 5.56 Å². The van der Waals surface area contributed by atoms with Crippen LogP contribution in [0.1, 0.15) is 53.5 Å². The van der Waals surface area contributed by atoms with Crippen LogP contribution in [0.2, 0.25) is 0 Å². The van der Waals surface area contributed by atoms with Gasteiger partial charge in [-0.2, -0.15) is 0 Å². The van der Waals surface area contributed by atoms with Crippen LogP contribution in [0.3, 0.4) is 0 Å². The van der Waals surface area contributed by atoms with Crippen molar-refractivity contribution in [2.45, 2.75) is 40.7 Å². The minimum Gasteiger partial charge on any atom is -0.493 e. The van der Waals surface area contributed by atoms with Crippen LogP contribution >= 0.6 is 11.3 Å². The normalized spacial score (nSPS) is 12.4. The highest BCUT2D eigenvalue weighted by atomic mass is 32.1. The quantitative estimate of drug-likeness (QED) is 0.614. The lowest BCUT2D eigenvalue weighted by atomic mass is 10.2. The Morgan fingerprint density at radius 2 is 2.00 bits per heavy atom. The summed E-state index contributed by atoms with van der Waals surface area (Å²) >= 11 is 1.46. The molecule has 148 valence electrons. The van der Waals surface area contributed by atoms with E-state index >= 15 is 0 Å². The number of carbonyl (C=O) groups is 1. The third-order valence-corrected chi connectivity index (χ3v) is 5.48. The number of carbonyl (C=O) groups excluding carboxylic acids is 1. The van der Waals surface area contributed by atoms with Crippen molar-refractivity contribution in [3.63, 3.8) is 0 Å². The van der Waals surface area contributed by atoms with E-state index < -0.39 is 12.1 Å². The van der Waals surface area contributed by atoms with E-state index in [4.69, 9.17) is 9.47 Å². The zero-order chi connectivity index (χ0) is 20.4. The summed E-state index contributed by atoms with van der Waals surface area (Å²) in [6.07, 6.45) is -0.687. The predicted molar refractivity (Wildman–Crippen MR) is 110 cm³/mol. The molecule has 0 spiro atoms. The van der Waals surface area contributed by atoms with Gasteiger partial charge in [-0.25, -0.2) is 9.78 Å². The number of aryl methyl sites for hydroxylation is 2. The van der Waals surface area contributed by atoms with Gasteiger partial charge in [0.05, 0.1) is 17.6 Å². The lowest BCUT2D eigenvalue weighted by molar-refractivity contribution is 0.0319. The Kier molecular flexibility index (Phi) is 5.84. The Labute approximate surface area is 167 Å². The summed E-state index contributed by atoms with van der Waals surface area (Å²) in [5, 5.41) is 0.597. The second-order valence-electron chi connectivity index (χ2n) is 7.19. The molecule has 1 atom stereocenters. The maximum absolute atomic E-state index is 12.5. The summed E-state index contributed by atoms with van der Waals surface area (Å²) in [6, 6.07) is 6.88. The van der Waals surface area contributed by atoms with Crippen molar-refractivity contribution in [1.29, 1.82) is 0 Å². The largest absolute Gasteiger partial charge is 0.493 e. The Morgan fingerprint density at radius 1 is 1.25 bits per heavy atom. The molecular weight excluding hydrogens is 376 g/mol. The Balaban J connectivity index is 1.78. The Bertz CT molecular complexity index is 1070. The number of ether oxygens (including phenoxy) is 2. The van der Waals surface area contributed by atoms with E-state index in [1.54, 1.807) is 31.2 Å². The highest BCUT2D eigenvalue weighted by Gasteiger charge is 2.19. The fraction of sp³-hybridized carbons (Fsp3) is 0.381. The number of aromatic amines is 1. The first kappa shape index (κ1) is 20.1. The summed E-state index contributed by atoms with van der Waals surface area (Å²) in [6.45, 7) is 10.2. The van der Waals surface area contributed by atoms with Crippen LogP contribution < -0.4 is 10.3 Å². The van der Waals surface area contributed by atoms with Gasteiger partial charge in [0, 0.05) is 4.88 Å². The first-order chi connectivity index (χ1) is 13.3. The average Bonchev–Trinajstić information content (AvgIpc) is 2.94. The highest BCUT2D eigenvalue weighted by Crippen LogP contribution is 2.27. The zero-order valence-electron chi connectivity index (χ0n) is 16.7. The van der Waals surface area contributed by atoms with Gasteiger partial charge in [0.2, 0.25) is 0 Å². The van der Waals surface area contributed by atoms with Gasteiger partial charge in [-0.1, -0.05) is 19.9 Å². The number of thiophene rings is 1. The Hall–Kier alpha value is -2.67. The minimum absolute atomic E-state index is 0.214. The molecular formula is C21H24N2O4S. The molecule has 0 unspecified atom stereocenters. The number of benzene rings is 1. The summed E-state index contributed by atoms with van der Waals surface area (Å²) in [5.74, 6) is 0.842. The number of nitrogens with zero attached hydrogens (tertiary/aromatic N) is 1. The lowest BCUT2D eigenvalue weighted by Crippen LogP contribution is -2.17. The van der Waals surface area contributed by atoms with Crippen LogP contribution in [0, 0.1) is 19.8 Å². The first-order valence-electron chi connectivity index (χ1n) is 9.20. The Morgan fingerprint density at radius 3 is 2.71 bits per heavy atom. The van der Waals surface area contributed by atoms with Crippen LogP contribution in [0.15, 0.2) is 29.1 Å². The molecule has 3 rings (SSSR count). The number of hydrogen-bond acceptors (Lipinski definition) is 6. The molecule has 1 N–H and O–H groups in total. The van der Waals surface area contributed by atoms with Crippen molar-refractivity contribution >= 4 is 27.5 Å². The van der Waals surface area contributed by atoms with E-state index in [2.05, 4.69) is 23.8 Å². The van der Waals surface area contributed by atoms with Crippen molar-refractivity contribution in [3.05, 3.63) is 56.4 Å². The molecule has 0 aliphatic heterocycles. The summed E-state index contributed by atoms with van der Waals surface area (Å²) in [7, 11) is 0. The van der Waals surface area contributed by atoms with E-state index in [0.717, 1.165) is 10.4 Å². The van der Waals surface area contributed by atoms with Crippen LogP contribution in [0.5, 0.6) is 5.75 Å². The van der Waals surface area contributed by atoms with Gasteiger partial charge in [0.25, 0.3) is 5.56 Å². The maximum Gasteiger partial charge on any atom is 0.338 e. The van der Waals surface area contributed by atoms with E-state index in [1.165, 1.54) is 11.3 Å². The van der Waals surface area contributed by atoms with Crippen LogP contribution in [-0.2, 0) is 4.74 Å². The van der Waals surface area contributed by atoms with Crippen LogP contribution in [0.25, 0.3) is 10.2 Å². The van der Waals surface area contributed by atoms with E-state index in [1.807, 2.05) is 13.8 Å². The highest BCUT2D eigenvalue weighted by molar-refractivity contribution is 7.18. The maximum atomic E-state index is 12.5. The summed E-state index contributed by atoms with van der Waals surface area (Å²) in [4.78, 5) is 33.9. The second kappa shape index (κ2) is 8.14. The second-order valence-corrected chi connectivity index (χ2v) is 8.40. The molecule has 28 heavy (non-hydrogen) atoms. The number of esters is 1. The molecule has 6 nitrogen and oxygen atoms in total. The number of fused-ring (bicyclic) bond motifs is 1. The SMILES string of the molecule is Cc1sc2nc([C@H](C)OC(=O)c3cccc(OCC(C)C)c3)[nH]c(=O)c2c1C. The predicted octanol–water partition coefficient (Wildman–Crippen LogP) is 4.55. The third kappa shape index (κ3) is 4.25. The molecule has 0 saturated carbocycles. The van der Waals surface area contributed by atoms with Crippen molar-refractivity contribution in [2.24, 2.45) is 5.92 Å². The van der Waals surface area contributed by atoms with Crippen LogP contribution in [-0.4, -0.2) is 22.5 Å². The lowest BCUT2D eigenvalue weighted by Gasteiger charge is -2.13. The fourth-order valence-corrected chi connectivity index (χ4v) is 3.76. The average molecular weight is 401 g/mol. The summed E-state index contributed by atoms with van der Waals surface area (Å²) < 4.78 is 11.2. The number of hydrogen-bond donors (Lipinski definition) is 1. The van der Waals surface area contributed by atoms with Crippen molar-refractivity contribution < 1.29 is 14.3 Å². The summed E-state index contributed by atoms with van der Waals surface area (Å²) in [5.41, 5.74) is 1.11. The zero-order valence-corrected chi connectivity index (χ0v) is 17.5. The molecule has 0 bridgehead atoms. The first-order valence-corrected chi connectivity index (χ1v) is 10.0. The van der Waals surface area contributed by atoms with E-state index in [9.17, 15) is 9.59 Å². The van der Waals surface area contributed by atoms with Gasteiger partial charge in [-0.15, -0.1) is 11.3 Å². The van der Waals surface area contributed by atoms with Gasteiger partial charge >= 0.3 is 5.97 Å². The van der Waals surface area contributed by atoms with Crippen molar-refractivity contribution in [1.82, 2.24) is 9.97 Å². The number of H-pyrrole nitrogens is 1. The van der Waals surface area contributed by atoms with Crippen molar-refractivity contribution in [3.8, 4) is 5.75 Å². The van der Waals surface area contributed by atoms with Gasteiger partial charge in [-0.3, -0.25) is 4.79 Å². The van der Waals surface area contributed by atoms with Gasteiger partial charge < -0.3 is 14.5 Å². The van der Waals surface area contributed by atoms with E-state index in [0.29, 0.717) is 39.9 Å². The topological polar surface area (TPSA) is 81.3 Å². The number of aromatic nitrogens is 2.